The van der Waals surface area contributed by atoms with Crippen LogP contribution in [0, 0.1) is 6.92 Å². The molecule has 1 aromatic heterocycles. The Labute approximate surface area is 123 Å². The number of fused-ring (bicyclic) bond motifs is 1. The lowest BCUT2D eigenvalue weighted by atomic mass is 10.1. The third-order valence-electron chi connectivity index (χ3n) is 3.70. The zero-order valence-corrected chi connectivity index (χ0v) is 12.3. The first-order valence-corrected chi connectivity index (χ1v) is 7.19. The van der Waals surface area contributed by atoms with Crippen LogP contribution in [0.3, 0.4) is 0 Å². The number of hydrogen-bond acceptors (Lipinski definition) is 4. The maximum atomic E-state index is 12.8. The summed E-state index contributed by atoms with van der Waals surface area (Å²) < 4.78 is 1.99. The number of carbonyl (C=O) groups is 1. The molecule has 6 nitrogen and oxygen atoms in total. The molecule has 0 fully saturated rings. The van der Waals surface area contributed by atoms with Crippen LogP contribution in [0.25, 0.3) is 0 Å². The number of aryl methyl sites for hydroxylation is 1. The highest BCUT2D eigenvalue weighted by atomic mass is 16.2. The first-order valence-electron chi connectivity index (χ1n) is 7.19. The fourth-order valence-corrected chi connectivity index (χ4v) is 2.59. The molecule has 1 aliphatic heterocycles. The maximum absolute atomic E-state index is 12.8. The van der Waals surface area contributed by atoms with Gasteiger partial charge in [-0.1, -0.05) is 11.6 Å². The number of nitrogens with one attached hydrogen (secondary N) is 1. The second kappa shape index (κ2) is 5.55. The van der Waals surface area contributed by atoms with E-state index in [9.17, 15) is 4.79 Å². The van der Waals surface area contributed by atoms with Gasteiger partial charge in [0.2, 0.25) is 0 Å². The number of aromatic nitrogens is 3. The predicted octanol–water partition coefficient (Wildman–Crippen LogP) is 1.67. The molecule has 2 heterocycles. The van der Waals surface area contributed by atoms with Crippen LogP contribution in [-0.2, 0) is 13.1 Å². The molecule has 0 saturated carbocycles. The van der Waals surface area contributed by atoms with E-state index in [-0.39, 0.29) is 5.91 Å². The van der Waals surface area contributed by atoms with Gasteiger partial charge in [-0.05, 0) is 26.0 Å². The van der Waals surface area contributed by atoms with Crippen LogP contribution in [0.5, 0.6) is 0 Å². The number of benzene rings is 1. The molecule has 2 aromatic rings. The van der Waals surface area contributed by atoms with Crippen molar-refractivity contribution in [3.05, 3.63) is 41.5 Å². The second-order valence-corrected chi connectivity index (χ2v) is 5.25. The minimum absolute atomic E-state index is 0.0453. The van der Waals surface area contributed by atoms with E-state index < -0.39 is 0 Å². The van der Waals surface area contributed by atoms with Crippen LogP contribution in [0.15, 0.2) is 24.5 Å². The van der Waals surface area contributed by atoms with Crippen molar-refractivity contribution in [2.45, 2.75) is 26.9 Å². The molecule has 1 aliphatic rings. The highest BCUT2D eigenvalue weighted by Crippen LogP contribution is 2.21. The van der Waals surface area contributed by atoms with Gasteiger partial charge in [-0.3, -0.25) is 4.79 Å². The lowest BCUT2D eigenvalue weighted by molar-refractivity contribution is 0.0708. The van der Waals surface area contributed by atoms with E-state index in [2.05, 4.69) is 15.5 Å². The molecular formula is C15H19N5O. The topological polar surface area (TPSA) is 63.1 Å². The molecule has 0 spiro atoms. The number of carbonyl (C=O) groups excluding carboxylic acids is 1. The summed E-state index contributed by atoms with van der Waals surface area (Å²) in [5, 5.41) is 11.2. The van der Waals surface area contributed by atoms with Gasteiger partial charge in [0, 0.05) is 25.3 Å². The molecule has 3 rings (SSSR count). The largest absolute Gasteiger partial charge is 0.385 e. The van der Waals surface area contributed by atoms with Crippen molar-refractivity contribution >= 4 is 11.6 Å². The van der Waals surface area contributed by atoms with Crippen LogP contribution >= 0.6 is 0 Å². The molecule has 0 unspecified atom stereocenters. The second-order valence-electron chi connectivity index (χ2n) is 5.25. The fraction of sp³-hybridized carbons (Fsp3) is 0.400. The Morgan fingerprint density at radius 2 is 2.24 bits per heavy atom. The van der Waals surface area contributed by atoms with Gasteiger partial charge in [-0.25, -0.2) is 0 Å². The number of anilines is 1. The van der Waals surface area contributed by atoms with E-state index in [0.717, 1.165) is 35.7 Å². The van der Waals surface area contributed by atoms with Gasteiger partial charge in [0.25, 0.3) is 5.91 Å². The van der Waals surface area contributed by atoms with Gasteiger partial charge in [-0.15, -0.1) is 10.2 Å². The first kappa shape index (κ1) is 13.6. The zero-order chi connectivity index (χ0) is 14.8. The highest BCUT2D eigenvalue weighted by Gasteiger charge is 2.24. The van der Waals surface area contributed by atoms with Crippen LogP contribution in [0.4, 0.5) is 5.69 Å². The number of amides is 1. The Morgan fingerprint density at radius 3 is 3.05 bits per heavy atom. The van der Waals surface area contributed by atoms with E-state index in [1.807, 2.05) is 41.5 Å². The molecule has 0 aliphatic carbocycles. The minimum atomic E-state index is 0.0453. The van der Waals surface area contributed by atoms with Crippen LogP contribution < -0.4 is 5.32 Å². The maximum Gasteiger partial charge on any atom is 0.256 e. The van der Waals surface area contributed by atoms with Crippen molar-refractivity contribution in [2.75, 3.05) is 18.4 Å². The van der Waals surface area contributed by atoms with Gasteiger partial charge in [0.05, 0.1) is 12.1 Å². The summed E-state index contributed by atoms with van der Waals surface area (Å²) in [7, 11) is 0. The average Bonchev–Trinajstić information content (AvgIpc) is 2.96. The Kier molecular flexibility index (Phi) is 3.60. The Morgan fingerprint density at radius 1 is 1.38 bits per heavy atom. The van der Waals surface area contributed by atoms with Gasteiger partial charge >= 0.3 is 0 Å². The smallest absolute Gasteiger partial charge is 0.256 e. The van der Waals surface area contributed by atoms with Crippen molar-refractivity contribution in [1.82, 2.24) is 19.7 Å². The normalized spacial score (nSPS) is 13.9. The summed E-state index contributed by atoms with van der Waals surface area (Å²) in [5.41, 5.74) is 2.70. The molecule has 6 heteroatoms. The SMILES string of the molecule is CCNc1ccc(C)cc1C(=O)N1CCn2cnnc2C1. The number of rotatable bonds is 3. The summed E-state index contributed by atoms with van der Waals surface area (Å²) in [5.74, 6) is 0.885. The van der Waals surface area contributed by atoms with Gasteiger partial charge in [-0.2, -0.15) is 0 Å². The predicted molar refractivity (Wildman–Crippen MR) is 80.1 cm³/mol. The Bertz CT molecular complexity index is 664. The lowest BCUT2D eigenvalue weighted by Gasteiger charge is -2.28. The van der Waals surface area contributed by atoms with Crippen molar-refractivity contribution in [3.8, 4) is 0 Å². The standard InChI is InChI=1S/C15H19N5O/c1-3-16-13-5-4-11(2)8-12(13)15(21)19-6-7-20-10-17-18-14(20)9-19/h4-5,8,10,16H,3,6-7,9H2,1-2H3. The van der Waals surface area contributed by atoms with E-state index in [1.54, 1.807) is 6.33 Å². The molecule has 110 valence electrons. The number of nitrogens with zero attached hydrogens (tertiary/aromatic N) is 4. The van der Waals surface area contributed by atoms with Crippen molar-refractivity contribution in [3.63, 3.8) is 0 Å². The van der Waals surface area contributed by atoms with Gasteiger partial charge in [0.15, 0.2) is 5.82 Å². The molecule has 0 atom stereocenters. The first-order chi connectivity index (χ1) is 10.2. The van der Waals surface area contributed by atoms with E-state index >= 15 is 0 Å². The third-order valence-corrected chi connectivity index (χ3v) is 3.70. The van der Waals surface area contributed by atoms with E-state index in [4.69, 9.17) is 0 Å². The molecule has 0 radical (unpaired) electrons. The zero-order valence-electron chi connectivity index (χ0n) is 12.3. The molecule has 21 heavy (non-hydrogen) atoms. The summed E-state index contributed by atoms with van der Waals surface area (Å²) in [6.45, 7) is 6.76. The molecule has 1 aromatic carbocycles. The summed E-state index contributed by atoms with van der Waals surface area (Å²) in [6.07, 6.45) is 1.72. The van der Waals surface area contributed by atoms with Gasteiger partial charge in [0.1, 0.15) is 6.33 Å². The molecule has 1 amide bonds. The van der Waals surface area contributed by atoms with Crippen molar-refractivity contribution < 1.29 is 4.79 Å². The quantitative estimate of drug-likeness (QED) is 0.932. The summed E-state index contributed by atoms with van der Waals surface area (Å²) in [6, 6.07) is 5.93. The average molecular weight is 285 g/mol. The molecule has 1 N–H and O–H groups in total. The van der Waals surface area contributed by atoms with Crippen LogP contribution in [-0.4, -0.2) is 38.7 Å². The molecular weight excluding hydrogens is 266 g/mol. The fourth-order valence-electron chi connectivity index (χ4n) is 2.59. The minimum Gasteiger partial charge on any atom is -0.385 e. The molecule has 0 bridgehead atoms. The monoisotopic (exact) mass is 285 g/mol. The highest BCUT2D eigenvalue weighted by molar-refractivity contribution is 5.99. The molecule has 0 saturated heterocycles. The van der Waals surface area contributed by atoms with Crippen molar-refractivity contribution in [1.29, 1.82) is 0 Å². The van der Waals surface area contributed by atoms with E-state index in [0.29, 0.717) is 13.1 Å². The van der Waals surface area contributed by atoms with Crippen molar-refractivity contribution in [2.24, 2.45) is 0 Å². The third kappa shape index (κ3) is 2.61. The van der Waals surface area contributed by atoms with Crippen LogP contribution in [0.1, 0.15) is 28.7 Å². The summed E-state index contributed by atoms with van der Waals surface area (Å²) in [4.78, 5) is 14.6. The van der Waals surface area contributed by atoms with Gasteiger partial charge < -0.3 is 14.8 Å². The van der Waals surface area contributed by atoms with E-state index in [1.165, 1.54) is 0 Å². The Hall–Kier alpha value is -2.37. The van der Waals surface area contributed by atoms with Crippen LogP contribution in [0.2, 0.25) is 0 Å². The summed E-state index contributed by atoms with van der Waals surface area (Å²) >= 11 is 0. The lowest BCUT2D eigenvalue weighted by Crippen LogP contribution is -2.38. The number of hydrogen-bond donors (Lipinski definition) is 1. The Balaban J connectivity index is 1.87.